The Kier molecular flexibility index (Phi) is 6.38. The first-order chi connectivity index (χ1) is 11.5. The number of nitrogens with one attached hydrogen (secondary N) is 1. The Morgan fingerprint density at radius 1 is 1.12 bits per heavy atom. The fourth-order valence-corrected chi connectivity index (χ4v) is 2.49. The lowest BCUT2D eigenvalue weighted by Gasteiger charge is -2.21. The second kappa shape index (κ2) is 8.50. The summed E-state index contributed by atoms with van der Waals surface area (Å²) in [5.41, 5.74) is 2.69. The lowest BCUT2D eigenvalue weighted by Crippen LogP contribution is -2.33. The van der Waals surface area contributed by atoms with Crippen LogP contribution in [0.25, 0.3) is 0 Å². The Labute approximate surface area is 147 Å². The fraction of sp³-hybridized carbons (Fsp3) is 0.263. The molecule has 126 valence electrons. The van der Waals surface area contributed by atoms with Crippen LogP contribution in [0.3, 0.4) is 0 Å². The first-order valence-corrected chi connectivity index (χ1v) is 8.20. The molecule has 0 aliphatic carbocycles. The van der Waals surface area contributed by atoms with Crippen LogP contribution in [0.5, 0.6) is 0 Å². The zero-order valence-corrected chi connectivity index (χ0v) is 14.6. The molecular formula is C19H21ClN2O2. The zero-order chi connectivity index (χ0) is 17.5. The molecule has 24 heavy (non-hydrogen) atoms. The maximum atomic E-state index is 12.0. The minimum Gasteiger partial charge on any atom is -0.352 e. The Balaban J connectivity index is 1.92. The predicted molar refractivity (Wildman–Crippen MR) is 97.1 cm³/mol. The van der Waals surface area contributed by atoms with Gasteiger partial charge in [0, 0.05) is 37.1 Å². The minimum absolute atomic E-state index is 0.0942. The molecule has 0 spiro atoms. The molecule has 0 fully saturated rings. The summed E-state index contributed by atoms with van der Waals surface area (Å²) < 4.78 is 0. The van der Waals surface area contributed by atoms with Crippen LogP contribution in [0.15, 0.2) is 48.5 Å². The highest BCUT2D eigenvalue weighted by Crippen LogP contribution is 2.23. The molecule has 0 saturated carbocycles. The summed E-state index contributed by atoms with van der Waals surface area (Å²) in [7, 11) is 0. The van der Waals surface area contributed by atoms with Crippen molar-refractivity contribution < 1.29 is 9.59 Å². The van der Waals surface area contributed by atoms with E-state index in [-0.39, 0.29) is 18.2 Å². The molecule has 0 unspecified atom stereocenters. The van der Waals surface area contributed by atoms with Gasteiger partial charge in [0.25, 0.3) is 0 Å². The first kappa shape index (κ1) is 18.0. The lowest BCUT2D eigenvalue weighted by molar-refractivity contribution is -0.121. The molecule has 5 heteroatoms. The van der Waals surface area contributed by atoms with Crippen LogP contribution >= 0.6 is 11.6 Å². The van der Waals surface area contributed by atoms with E-state index in [9.17, 15) is 9.59 Å². The van der Waals surface area contributed by atoms with Crippen molar-refractivity contribution in [2.75, 3.05) is 11.4 Å². The number of aryl methyl sites for hydroxylation is 1. The smallest absolute Gasteiger partial charge is 0.223 e. The van der Waals surface area contributed by atoms with Crippen LogP contribution in [-0.4, -0.2) is 18.4 Å². The molecule has 0 atom stereocenters. The van der Waals surface area contributed by atoms with E-state index in [0.29, 0.717) is 23.8 Å². The summed E-state index contributed by atoms with van der Waals surface area (Å²) in [5.74, 6) is -0.214. The van der Waals surface area contributed by atoms with Gasteiger partial charge in [-0.1, -0.05) is 48.0 Å². The van der Waals surface area contributed by atoms with Gasteiger partial charge in [-0.25, -0.2) is 0 Å². The number of rotatable bonds is 6. The van der Waals surface area contributed by atoms with E-state index < -0.39 is 0 Å². The summed E-state index contributed by atoms with van der Waals surface area (Å²) in [6.45, 7) is 4.18. The number of carbonyl (C=O) groups is 2. The molecule has 0 heterocycles. The van der Waals surface area contributed by atoms with Gasteiger partial charge in [-0.3, -0.25) is 9.59 Å². The summed E-state index contributed by atoms with van der Waals surface area (Å²) in [4.78, 5) is 25.5. The minimum atomic E-state index is -0.120. The van der Waals surface area contributed by atoms with Crippen molar-refractivity contribution in [3.05, 3.63) is 64.7 Å². The van der Waals surface area contributed by atoms with E-state index in [2.05, 4.69) is 5.32 Å². The maximum Gasteiger partial charge on any atom is 0.223 e. The van der Waals surface area contributed by atoms with E-state index in [1.54, 1.807) is 11.0 Å². The van der Waals surface area contributed by atoms with Crippen LogP contribution < -0.4 is 10.2 Å². The Morgan fingerprint density at radius 2 is 1.83 bits per heavy atom. The van der Waals surface area contributed by atoms with Crippen molar-refractivity contribution in [2.45, 2.75) is 26.8 Å². The number of halogens is 1. The molecule has 1 N–H and O–H groups in total. The topological polar surface area (TPSA) is 49.4 Å². The van der Waals surface area contributed by atoms with Crippen LogP contribution in [0.2, 0.25) is 5.02 Å². The quantitative estimate of drug-likeness (QED) is 0.868. The molecular weight excluding hydrogens is 324 g/mol. The number of hydrogen-bond acceptors (Lipinski definition) is 2. The van der Waals surface area contributed by atoms with Gasteiger partial charge in [0.1, 0.15) is 0 Å². The third-order valence-corrected chi connectivity index (χ3v) is 4.15. The largest absolute Gasteiger partial charge is 0.352 e. The van der Waals surface area contributed by atoms with Crippen molar-refractivity contribution >= 4 is 29.1 Å². The van der Waals surface area contributed by atoms with Gasteiger partial charge in [-0.2, -0.15) is 0 Å². The number of anilines is 1. The Bertz CT molecular complexity index is 717. The van der Waals surface area contributed by atoms with Crippen LogP contribution in [-0.2, 0) is 16.1 Å². The van der Waals surface area contributed by atoms with Crippen molar-refractivity contribution in [1.82, 2.24) is 5.32 Å². The molecule has 2 aromatic carbocycles. The molecule has 4 nitrogen and oxygen atoms in total. The third kappa shape index (κ3) is 5.10. The molecule has 0 aliphatic rings. The third-order valence-electron chi connectivity index (χ3n) is 3.74. The van der Waals surface area contributed by atoms with Gasteiger partial charge in [-0.05, 0) is 30.2 Å². The number of hydrogen-bond donors (Lipinski definition) is 1. The highest BCUT2D eigenvalue weighted by molar-refractivity contribution is 6.31. The van der Waals surface area contributed by atoms with Crippen LogP contribution in [0, 0.1) is 6.92 Å². The van der Waals surface area contributed by atoms with Gasteiger partial charge >= 0.3 is 0 Å². The number of nitrogens with zero attached hydrogens (tertiary/aromatic N) is 1. The van der Waals surface area contributed by atoms with Crippen molar-refractivity contribution in [2.24, 2.45) is 0 Å². The highest BCUT2D eigenvalue weighted by atomic mass is 35.5. The van der Waals surface area contributed by atoms with Gasteiger partial charge < -0.3 is 10.2 Å². The first-order valence-electron chi connectivity index (χ1n) is 7.82. The number of benzene rings is 2. The van der Waals surface area contributed by atoms with Crippen molar-refractivity contribution in [3.63, 3.8) is 0 Å². The monoisotopic (exact) mass is 344 g/mol. The molecule has 2 aromatic rings. The molecule has 0 aromatic heterocycles. The summed E-state index contributed by atoms with van der Waals surface area (Å²) in [5, 5.41) is 3.47. The summed E-state index contributed by atoms with van der Waals surface area (Å²) >= 11 is 6.13. The second-order valence-corrected chi connectivity index (χ2v) is 6.02. The second-order valence-electron chi connectivity index (χ2n) is 5.62. The van der Waals surface area contributed by atoms with Crippen LogP contribution in [0.4, 0.5) is 5.69 Å². The maximum absolute atomic E-state index is 12.0. The van der Waals surface area contributed by atoms with E-state index >= 15 is 0 Å². The molecule has 0 aliphatic heterocycles. The average Bonchev–Trinajstić information content (AvgIpc) is 2.57. The molecule has 0 radical (unpaired) electrons. The fourth-order valence-electron chi connectivity index (χ4n) is 2.32. The normalized spacial score (nSPS) is 10.3. The predicted octanol–water partition coefficient (Wildman–Crippen LogP) is 3.71. The Hall–Kier alpha value is -2.33. The highest BCUT2D eigenvalue weighted by Gasteiger charge is 2.14. The van der Waals surface area contributed by atoms with E-state index in [1.807, 2.05) is 49.4 Å². The standard InChI is InChI=1S/C19H21ClN2O2/c1-14-8-9-17(12-18(14)20)22(15(2)23)11-10-19(24)21-13-16-6-4-3-5-7-16/h3-9,12H,10-11,13H2,1-2H3,(H,21,24). The lowest BCUT2D eigenvalue weighted by atomic mass is 10.2. The van der Waals surface area contributed by atoms with Gasteiger partial charge in [0.05, 0.1) is 0 Å². The van der Waals surface area contributed by atoms with E-state index in [4.69, 9.17) is 11.6 Å². The Morgan fingerprint density at radius 3 is 2.46 bits per heavy atom. The van der Waals surface area contributed by atoms with Crippen molar-refractivity contribution in [1.29, 1.82) is 0 Å². The SMILES string of the molecule is CC(=O)N(CCC(=O)NCc1ccccc1)c1ccc(C)c(Cl)c1. The summed E-state index contributed by atoms with van der Waals surface area (Å²) in [6, 6.07) is 15.2. The molecule has 2 amide bonds. The van der Waals surface area contributed by atoms with E-state index in [1.165, 1.54) is 6.92 Å². The average molecular weight is 345 g/mol. The van der Waals surface area contributed by atoms with Gasteiger partial charge in [0.2, 0.25) is 11.8 Å². The van der Waals surface area contributed by atoms with Gasteiger partial charge in [-0.15, -0.1) is 0 Å². The number of amides is 2. The zero-order valence-electron chi connectivity index (χ0n) is 13.9. The van der Waals surface area contributed by atoms with Gasteiger partial charge in [0.15, 0.2) is 0 Å². The number of carbonyl (C=O) groups excluding carboxylic acids is 2. The molecule has 2 rings (SSSR count). The molecule has 0 bridgehead atoms. The van der Waals surface area contributed by atoms with Crippen LogP contribution in [0.1, 0.15) is 24.5 Å². The summed E-state index contributed by atoms with van der Waals surface area (Å²) in [6.07, 6.45) is 0.234. The van der Waals surface area contributed by atoms with E-state index in [0.717, 1.165) is 11.1 Å². The molecule has 0 saturated heterocycles. The van der Waals surface area contributed by atoms with Crippen molar-refractivity contribution in [3.8, 4) is 0 Å².